The van der Waals surface area contributed by atoms with E-state index in [1.807, 2.05) is 0 Å². The number of H-pyrrole nitrogens is 2. The lowest BCUT2D eigenvalue weighted by atomic mass is 10.2. The molecule has 1 aliphatic rings. The van der Waals surface area contributed by atoms with Gasteiger partial charge in [0.2, 0.25) is 10.0 Å². The molecule has 0 bridgehead atoms. The van der Waals surface area contributed by atoms with Gasteiger partial charge in [0.1, 0.15) is 0 Å². The fourth-order valence-corrected chi connectivity index (χ4v) is 5.22. The first-order chi connectivity index (χ1) is 15.8. The van der Waals surface area contributed by atoms with Crippen molar-refractivity contribution in [1.82, 2.24) is 19.6 Å². The number of aromatic nitrogens is 2. The summed E-state index contributed by atoms with van der Waals surface area (Å²) in [7, 11) is -3.74. The second kappa shape index (κ2) is 9.90. The zero-order valence-electron chi connectivity index (χ0n) is 18.6. The number of nitrogens with zero attached hydrogens (tertiary/aromatic N) is 2. The van der Waals surface area contributed by atoms with Crippen LogP contribution < -0.4 is 20.9 Å². The summed E-state index contributed by atoms with van der Waals surface area (Å²) in [6, 6.07) is 12.7. The van der Waals surface area contributed by atoms with Gasteiger partial charge < -0.3 is 9.88 Å². The summed E-state index contributed by atoms with van der Waals surface area (Å²) < 4.78 is 27.8. The van der Waals surface area contributed by atoms with E-state index in [1.54, 1.807) is 0 Å². The number of aryl methyl sites for hydroxylation is 1. The minimum Gasteiger partial charge on any atom is -0.369 e. The zero-order valence-corrected chi connectivity index (χ0v) is 19.5. The van der Waals surface area contributed by atoms with E-state index in [2.05, 4.69) is 55.7 Å². The number of hydrogen-bond acceptors (Lipinski definition) is 6. The molecule has 0 amide bonds. The third kappa shape index (κ3) is 5.70. The molecule has 4 rings (SSSR count). The van der Waals surface area contributed by atoms with Crippen molar-refractivity contribution < 1.29 is 8.42 Å². The Morgan fingerprint density at radius 1 is 0.970 bits per heavy atom. The number of unbranched alkanes of at least 4 members (excludes halogenated alkanes) is 1. The number of benzene rings is 2. The van der Waals surface area contributed by atoms with Crippen LogP contribution in [0.1, 0.15) is 18.4 Å². The molecule has 176 valence electrons. The topological polar surface area (TPSA) is 118 Å². The molecular formula is C23H29N5O4S. The lowest BCUT2D eigenvalue weighted by molar-refractivity contribution is 0.253. The first kappa shape index (κ1) is 23.2. The van der Waals surface area contributed by atoms with Crippen LogP contribution in [-0.4, -0.2) is 62.6 Å². The molecule has 10 heteroatoms. The summed E-state index contributed by atoms with van der Waals surface area (Å²) >= 11 is 0. The van der Waals surface area contributed by atoms with E-state index in [0.717, 1.165) is 45.6 Å². The monoisotopic (exact) mass is 471 g/mol. The Hall–Kier alpha value is -2.95. The highest BCUT2D eigenvalue weighted by molar-refractivity contribution is 7.89. The smallest absolute Gasteiger partial charge is 0.326 e. The first-order valence-electron chi connectivity index (χ1n) is 11.1. The SMILES string of the molecule is Cc1cccc(N2CCN(CCCCNS(=O)(=O)c3ccc4[nH]c(=O)[nH]c(=O)c4c3)CC2)c1. The van der Waals surface area contributed by atoms with Crippen LogP contribution in [-0.2, 0) is 10.0 Å². The molecule has 1 aliphatic heterocycles. The number of sulfonamides is 1. The molecule has 1 aromatic heterocycles. The zero-order chi connectivity index (χ0) is 23.4. The fraction of sp³-hybridized carbons (Fsp3) is 0.391. The van der Waals surface area contributed by atoms with E-state index in [-0.39, 0.29) is 10.3 Å². The van der Waals surface area contributed by atoms with Crippen molar-refractivity contribution in [3.8, 4) is 0 Å². The lowest BCUT2D eigenvalue weighted by Gasteiger charge is -2.36. The summed E-state index contributed by atoms with van der Waals surface area (Å²) in [5.74, 6) is 0. The van der Waals surface area contributed by atoms with Gasteiger partial charge in [-0.3, -0.25) is 14.7 Å². The number of fused-ring (bicyclic) bond motifs is 1. The largest absolute Gasteiger partial charge is 0.369 e. The maximum absolute atomic E-state index is 12.6. The Bertz CT molecular complexity index is 1340. The number of anilines is 1. The molecule has 9 nitrogen and oxygen atoms in total. The van der Waals surface area contributed by atoms with Crippen molar-refractivity contribution in [3.63, 3.8) is 0 Å². The molecule has 0 unspecified atom stereocenters. The molecule has 2 heterocycles. The molecule has 0 radical (unpaired) electrons. The lowest BCUT2D eigenvalue weighted by Crippen LogP contribution is -2.46. The minimum atomic E-state index is -3.74. The Kier molecular flexibility index (Phi) is 6.96. The average Bonchev–Trinajstić information content (AvgIpc) is 2.79. The highest BCUT2D eigenvalue weighted by atomic mass is 32.2. The molecule has 1 fully saturated rings. The normalized spacial score (nSPS) is 15.2. The first-order valence-corrected chi connectivity index (χ1v) is 12.6. The van der Waals surface area contributed by atoms with Crippen LogP contribution in [0.5, 0.6) is 0 Å². The molecule has 0 spiro atoms. The van der Waals surface area contributed by atoms with Crippen molar-refractivity contribution >= 4 is 26.6 Å². The number of aromatic amines is 2. The van der Waals surface area contributed by atoms with Crippen LogP contribution in [0.2, 0.25) is 0 Å². The molecule has 3 N–H and O–H groups in total. The Morgan fingerprint density at radius 2 is 1.76 bits per heavy atom. The highest BCUT2D eigenvalue weighted by Gasteiger charge is 2.18. The fourth-order valence-electron chi connectivity index (χ4n) is 4.12. The van der Waals surface area contributed by atoms with Gasteiger partial charge >= 0.3 is 5.69 Å². The predicted molar refractivity (Wildman–Crippen MR) is 129 cm³/mol. The molecule has 2 aromatic carbocycles. The molecule has 33 heavy (non-hydrogen) atoms. The quantitative estimate of drug-likeness (QED) is 0.428. The Balaban J connectivity index is 1.23. The summed E-state index contributed by atoms with van der Waals surface area (Å²) in [4.78, 5) is 32.7. The Morgan fingerprint density at radius 3 is 2.52 bits per heavy atom. The average molecular weight is 472 g/mol. The minimum absolute atomic E-state index is 0.000167. The van der Waals surface area contributed by atoms with E-state index >= 15 is 0 Å². The molecule has 0 aliphatic carbocycles. The molecule has 0 saturated carbocycles. The van der Waals surface area contributed by atoms with Gasteiger partial charge in [0.05, 0.1) is 15.8 Å². The van der Waals surface area contributed by atoms with Gasteiger partial charge in [0, 0.05) is 38.4 Å². The van der Waals surface area contributed by atoms with E-state index < -0.39 is 21.3 Å². The summed E-state index contributed by atoms with van der Waals surface area (Å²) in [5, 5.41) is 0.127. The van der Waals surface area contributed by atoms with Gasteiger partial charge in [-0.15, -0.1) is 0 Å². The highest BCUT2D eigenvalue weighted by Crippen LogP contribution is 2.18. The van der Waals surface area contributed by atoms with E-state index in [4.69, 9.17) is 0 Å². The van der Waals surface area contributed by atoms with Gasteiger partial charge in [0.15, 0.2) is 0 Å². The van der Waals surface area contributed by atoms with Crippen LogP contribution in [0.3, 0.4) is 0 Å². The third-order valence-electron chi connectivity index (χ3n) is 5.95. The number of nitrogens with one attached hydrogen (secondary N) is 3. The second-order valence-electron chi connectivity index (χ2n) is 8.39. The standard InChI is InChI=1S/C23H29N5O4S/c1-17-5-4-6-18(15-17)28-13-11-27(12-14-28)10-3-2-9-24-33(31,32)19-7-8-21-20(16-19)22(29)26-23(30)25-21/h4-8,15-16,24H,2-3,9-14H2,1H3,(H2,25,26,29,30). The van der Waals surface area contributed by atoms with Crippen molar-refractivity contribution in [1.29, 1.82) is 0 Å². The van der Waals surface area contributed by atoms with Crippen LogP contribution >= 0.6 is 0 Å². The van der Waals surface area contributed by atoms with E-state index in [1.165, 1.54) is 29.4 Å². The van der Waals surface area contributed by atoms with Gasteiger partial charge in [-0.25, -0.2) is 17.9 Å². The van der Waals surface area contributed by atoms with Crippen LogP contribution in [0.4, 0.5) is 5.69 Å². The van der Waals surface area contributed by atoms with Crippen molar-refractivity contribution in [2.24, 2.45) is 0 Å². The molecule has 1 saturated heterocycles. The number of rotatable bonds is 8. The Labute approximate surface area is 192 Å². The molecule has 0 atom stereocenters. The second-order valence-corrected chi connectivity index (χ2v) is 10.2. The predicted octanol–water partition coefficient (Wildman–Crippen LogP) is 1.41. The summed E-state index contributed by atoms with van der Waals surface area (Å²) in [5.41, 5.74) is 1.59. The van der Waals surface area contributed by atoms with Crippen LogP contribution in [0.25, 0.3) is 10.9 Å². The number of hydrogen-bond donors (Lipinski definition) is 3. The van der Waals surface area contributed by atoms with Crippen molar-refractivity contribution in [2.45, 2.75) is 24.7 Å². The van der Waals surface area contributed by atoms with Crippen LogP contribution in [0, 0.1) is 6.92 Å². The summed E-state index contributed by atoms with van der Waals surface area (Å²) in [6.45, 7) is 7.33. The number of piperazine rings is 1. The molecule has 3 aromatic rings. The molecular weight excluding hydrogens is 442 g/mol. The maximum atomic E-state index is 12.6. The summed E-state index contributed by atoms with van der Waals surface area (Å²) in [6.07, 6.45) is 1.62. The third-order valence-corrected chi connectivity index (χ3v) is 7.41. The van der Waals surface area contributed by atoms with Crippen LogP contribution in [0.15, 0.2) is 56.9 Å². The van der Waals surface area contributed by atoms with Gasteiger partial charge in [-0.05, 0) is 62.2 Å². The van der Waals surface area contributed by atoms with Crippen molar-refractivity contribution in [3.05, 3.63) is 68.9 Å². The van der Waals surface area contributed by atoms with Gasteiger partial charge in [-0.1, -0.05) is 12.1 Å². The van der Waals surface area contributed by atoms with E-state index in [9.17, 15) is 18.0 Å². The van der Waals surface area contributed by atoms with Crippen molar-refractivity contribution in [2.75, 3.05) is 44.2 Å². The van der Waals surface area contributed by atoms with E-state index in [0.29, 0.717) is 12.1 Å². The van der Waals surface area contributed by atoms with Gasteiger partial charge in [0.25, 0.3) is 5.56 Å². The van der Waals surface area contributed by atoms with Gasteiger partial charge in [-0.2, -0.15) is 0 Å². The maximum Gasteiger partial charge on any atom is 0.326 e.